The molecular formula is C23H26ClN5O2. The van der Waals surface area contributed by atoms with Crippen molar-refractivity contribution in [3.8, 4) is 22.6 Å². The minimum atomic E-state index is 0.496. The minimum absolute atomic E-state index is 0.496. The molecule has 0 bridgehead atoms. The molecule has 0 amide bonds. The monoisotopic (exact) mass is 439 g/mol. The Morgan fingerprint density at radius 3 is 2.52 bits per heavy atom. The second-order valence-electron chi connectivity index (χ2n) is 7.12. The number of piperazine rings is 1. The molecule has 31 heavy (non-hydrogen) atoms. The first-order chi connectivity index (χ1) is 15.2. The molecule has 8 heteroatoms. The van der Waals surface area contributed by atoms with Crippen molar-refractivity contribution in [2.24, 2.45) is 0 Å². The molecule has 1 saturated heterocycles. The number of anilines is 3. The van der Waals surface area contributed by atoms with Crippen LogP contribution in [0.4, 0.5) is 17.3 Å². The van der Waals surface area contributed by atoms with Crippen LogP contribution in [0, 0.1) is 0 Å². The lowest BCUT2D eigenvalue weighted by molar-refractivity contribution is 0.340. The summed E-state index contributed by atoms with van der Waals surface area (Å²) in [7, 11) is 1.67. The van der Waals surface area contributed by atoms with E-state index in [0.717, 1.165) is 54.4 Å². The Balaban J connectivity index is 1.50. The van der Waals surface area contributed by atoms with Crippen LogP contribution in [-0.2, 0) is 0 Å². The van der Waals surface area contributed by atoms with Gasteiger partial charge in [0.25, 0.3) is 0 Å². The summed E-state index contributed by atoms with van der Waals surface area (Å²) in [5.41, 5.74) is 3.79. The fraction of sp³-hybridized carbons (Fsp3) is 0.304. The highest BCUT2D eigenvalue weighted by Crippen LogP contribution is 2.33. The molecule has 162 valence electrons. The standard InChI is InChI=1S/C23H26ClN5O2/c1-3-31-21-12-16(4-6-19(21)24)17-14-26-23(27-15-17)28-20-7-5-18(13-22(20)30-2)29-10-8-25-9-11-29/h4-7,12-15,25H,3,8-11H2,1-2H3,(H,26,27,28). The molecule has 0 atom stereocenters. The first-order valence-electron chi connectivity index (χ1n) is 10.3. The summed E-state index contributed by atoms with van der Waals surface area (Å²) < 4.78 is 11.2. The first kappa shape index (κ1) is 21.2. The van der Waals surface area contributed by atoms with Gasteiger partial charge in [0.1, 0.15) is 11.5 Å². The molecule has 2 heterocycles. The number of hydrogen-bond donors (Lipinski definition) is 2. The van der Waals surface area contributed by atoms with Gasteiger partial charge in [-0.1, -0.05) is 17.7 Å². The van der Waals surface area contributed by atoms with Gasteiger partial charge in [0.2, 0.25) is 5.95 Å². The van der Waals surface area contributed by atoms with E-state index in [-0.39, 0.29) is 0 Å². The molecule has 0 unspecified atom stereocenters. The SMILES string of the molecule is CCOc1cc(-c2cnc(Nc3ccc(N4CCNCC4)cc3OC)nc2)ccc1Cl. The Morgan fingerprint density at radius 1 is 1.03 bits per heavy atom. The number of nitrogens with zero attached hydrogens (tertiary/aromatic N) is 3. The smallest absolute Gasteiger partial charge is 0.227 e. The van der Waals surface area contributed by atoms with Gasteiger partial charge in [-0.25, -0.2) is 9.97 Å². The zero-order valence-corrected chi connectivity index (χ0v) is 18.4. The van der Waals surface area contributed by atoms with E-state index in [2.05, 4.69) is 31.6 Å². The van der Waals surface area contributed by atoms with Crippen LogP contribution in [0.1, 0.15) is 6.92 Å². The second-order valence-corrected chi connectivity index (χ2v) is 7.53. The maximum absolute atomic E-state index is 6.18. The molecule has 0 radical (unpaired) electrons. The van der Waals surface area contributed by atoms with E-state index in [1.807, 2.05) is 37.3 Å². The largest absolute Gasteiger partial charge is 0.494 e. The van der Waals surface area contributed by atoms with Crippen LogP contribution in [0.15, 0.2) is 48.8 Å². The van der Waals surface area contributed by atoms with Crippen molar-refractivity contribution in [1.82, 2.24) is 15.3 Å². The maximum Gasteiger partial charge on any atom is 0.227 e. The van der Waals surface area contributed by atoms with Crippen LogP contribution in [0.25, 0.3) is 11.1 Å². The van der Waals surface area contributed by atoms with Crippen LogP contribution in [-0.4, -0.2) is 49.9 Å². The highest BCUT2D eigenvalue weighted by Gasteiger charge is 2.14. The van der Waals surface area contributed by atoms with Crippen molar-refractivity contribution < 1.29 is 9.47 Å². The number of methoxy groups -OCH3 is 1. The van der Waals surface area contributed by atoms with Crippen LogP contribution >= 0.6 is 11.6 Å². The predicted molar refractivity (Wildman–Crippen MR) is 125 cm³/mol. The molecule has 2 aromatic carbocycles. The number of rotatable bonds is 7. The van der Waals surface area contributed by atoms with E-state index < -0.39 is 0 Å². The van der Waals surface area contributed by atoms with Gasteiger partial charge in [-0.2, -0.15) is 0 Å². The Morgan fingerprint density at radius 2 is 1.81 bits per heavy atom. The summed E-state index contributed by atoms with van der Waals surface area (Å²) in [6.45, 7) is 6.42. The lowest BCUT2D eigenvalue weighted by Crippen LogP contribution is -2.43. The molecule has 0 spiro atoms. The number of halogens is 1. The van der Waals surface area contributed by atoms with Gasteiger partial charge in [0.15, 0.2) is 0 Å². The average molecular weight is 440 g/mol. The third kappa shape index (κ3) is 5.00. The van der Waals surface area contributed by atoms with E-state index in [1.54, 1.807) is 19.5 Å². The van der Waals surface area contributed by atoms with Gasteiger partial charge in [-0.15, -0.1) is 0 Å². The number of ether oxygens (including phenoxy) is 2. The molecule has 7 nitrogen and oxygen atoms in total. The number of aromatic nitrogens is 2. The topological polar surface area (TPSA) is 71.5 Å². The Labute approximate surface area is 187 Å². The third-order valence-corrected chi connectivity index (χ3v) is 5.44. The molecule has 1 fully saturated rings. The van der Waals surface area contributed by atoms with Crippen molar-refractivity contribution in [3.63, 3.8) is 0 Å². The quantitative estimate of drug-likeness (QED) is 0.566. The average Bonchev–Trinajstić information content (AvgIpc) is 2.82. The van der Waals surface area contributed by atoms with Crippen molar-refractivity contribution in [2.45, 2.75) is 6.92 Å². The van der Waals surface area contributed by atoms with Crippen molar-refractivity contribution in [2.75, 3.05) is 50.1 Å². The fourth-order valence-electron chi connectivity index (χ4n) is 3.51. The van der Waals surface area contributed by atoms with Crippen LogP contribution in [0.5, 0.6) is 11.5 Å². The lowest BCUT2D eigenvalue weighted by atomic mass is 10.1. The molecule has 1 aliphatic heterocycles. The summed E-state index contributed by atoms with van der Waals surface area (Å²) in [5, 5.41) is 7.20. The first-order valence-corrected chi connectivity index (χ1v) is 10.7. The van der Waals surface area contributed by atoms with Gasteiger partial charge >= 0.3 is 0 Å². The molecular weight excluding hydrogens is 414 g/mol. The molecule has 2 N–H and O–H groups in total. The number of nitrogens with one attached hydrogen (secondary N) is 2. The van der Waals surface area contributed by atoms with Crippen molar-refractivity contribution in [3.05, 3.63) is 53.8 Å². The van der Waals surface area contributed by atoms with E-state index >= 15 is 0 Å². The van der Waals surface area contributed by atoms with Gasteiger partial charge in [0.05, 0.1) is 24.4 Å². The highest BCUT2D eigenvalue weighted by molar-refractivity contribution is 6.32. The molecule has 1 aromatic heterocycles. The number of benzene rings is 2. The van der Waals surface area contributed by atoms with Gasteiger partial charge in [-0.05, 0) is 36.8 Å². The summed E-state index contributed by atoms with van der Waals surface area (Å²) in [5.74, 6) is 1.90. The minimum Gasteiger partial charge on any atom is -0.494 e. The Bertz CT molecular complexity index is 1020. The van der Waals surface area contributed by atoms with E-state index in [0.29, 0.717) is 23.3 Å². The second kappa shape index (κ2) is 9.85. The third-order valence-electron chi connectivity index (χ3n) is 5.13. The van der Waals surface area contributed by atoms with Crippen molar-refractivity contribution >= 4 is 28.9 Å². The maximum atomic E-state index is 6.18. The zero-order valence-electron chi connectivity index (χ0n) is 17.7. The lowest BCUT2D eigenvalue weighted by Gasteiger charge is -2.30. The van der Waals surface area contributed by atoms with E-state index in [1.165, 1.54) is 0 Å². The summed E-state index contributed by atoms with van der Waals surface area (Å²) >= 11 is 6.18. The normalized spacial score (nSPS) is 13.7. The number of hydrogen-bond acceptors (Lipinski definition) is 7. The zero-order chi connectivity index (χ0) is 21.6. The molecule has 0 saturated carbocycles. The molecule has 3 aromatic rings. The van der Waals surface area contributed by atoms with Crippen LogP contribution in [0.3, 0.4) is 0 Å². The van der Waals surface area contributed by atoms with Gasteiger partial charge < -0.3 is 25.0 Å². The van der Waals surface area contributed by atoms with Crippen molar-refractivity contribution in [1.29, 1.82) is 0 Å². The molecule has 1 aliphatic rings. The summed E-state index contributed by atoms with van der Waals surface area (Å²) in [6.07, 6.45) is 3.55. The van der Waals surface area contributed by atoms with Gasteiger partial charge in [-0.3, -0.25) is 0 Å². The summed E-state index contributed by atoms with van der Waals surface area (Å²) in [4.78, 5) is 11.3. The molecule has 4 rings (SSSR count). The van der Waals surface area contributed by atoms with E-state index in [9.17, 15) is 0 Å². The Kier molecular flexibility index (Phi) is 6.74. The van der Waals surface area contributed by atoms with Crippen LogP contribution in [0.2, 0.25) is 5.02 Å². The Hall–Kier alpha value is -3.03. The van der Waals surface area contributed by atoms with E-state index in [4.69, 9.17) is 21.1 Å². The fourth-order valence-corrected chi connectivity index (χ4v) is 3.69. The predicted octanol–water partition coefficient (Wildman–Crippen LogP) is 4.36. The summed E-state index contributed by atoms with van der Waals surface area (Å²) in [6, 6.07) is 11.8. The van der Waals surface area contributed by atoms with Gasteiger partial charge in [0, 0.05) is 55.9 Å². The van der Waals surface area contributed by atoms with Crippen LogP contribution < -0.4 is 25.0 Å². The highest BCUT2D eigenvalue weighted by atomic mass is 35.5. The molecule has 0 aliphatic carbocycles.